The molecule has 344 valence electrons. The quantitative estimate of drug-likeness (QED) is 0.256. The van der Waals surface area contributed by atoms with Gasteiger partial charge in [0.15, 0.2) is 0 Å². The third-order valence-electron chi connectivity index (χ3n) is 20.4. The lowest BCUT2D eigenvalue weighted by Gasteiger charge is -2.61. The summed E-state index contributed by atoms with van der Waals surface area (Å²) in [7, 11) is 3.54. The average Bonchev–Trinajstić information content (AvgIpc) is 4.05. The molecule has 2 saturated heterocycles. The minimum absolute atomic E-state index is 0.00105. The van der Waals surface area contributed by atoms with E-state index in [-0.39, 0.29) is 81.4 Å². The number of ether oxygens (including phenoxy) is 3. The SMILES string of the molecule is C#CC[C@]1(C)C[C@@H](O)[C@@]2(C)C3[C@H](OC)CCC3(CC[C@H]2C)[C@@H](C)C1=O.C#CC[C@]1(C)C[C@@H](OC(=O)NC(=O)[C@H]2CN3CC[C@@H]2C3)[C@@]2(C)C3[C@H](OC)CCC3(CC[C@H]2C)[C@@H](C)C1=O. The van der Waals surface area contributed by atoms with Crippen molar-refractivity contribution in [1.82, 2.24) is 10.2 Å². The Labute approximate surface area is 372 Å². The van der Waals surface area contributed by atoms with E-state index in [9.17, 15) is 24.3 Å². The number of carbonyl (C=O) groups excluding carboxylic acids is 4. The largest absolute Gasteiger partial charge is 0.445 e. The van der Waals surface area contributed by atoms with Crippen LogP contribution in [0.15, 0.2) is 0 Å². The maximum absolute atomic E-state index is 14.1. The number of piperidine rings is 1. The smallest absolute Gasteiger partial charge is 0.414 e. The van der Waals surface area contributed by atoms with Crippen molar-refractivity contribution in [2.45, 2.75) is 163 Å². The highest BCUT2D eigenvalue weighted by Gasteiger charge is 2.70. The van der Waals surface area contributed by atoms with Crippen LogP contribution in [0.2, 0.25) is 0 Å². The van der Waals surface area contributed by atoms with E-state index < -0.39 is 34.5 Å². The molecule has 19 atom stereocenters. The van der Waals surface area contributed by atoms with Crippen molar-refractivity contribution >= 4 is 23.6 Å². The molecule has 0 aromatic rings. The van der Waals surface area contributed by atoms with Gasteiger partial charge in [0.05, 0.1) is 24.2 Å². The normalized spacial score (nSPS) is 50.2. The average molecular weight is 859 g/mol. The summed E-state index contributed by atoms with van der Waals surface area (Å²) >= 11 is 0. The fourth-order valence-electron chi connectivity index (χ4n) is 16.4. The van der Waals surface area contributed by atoms with Gasteiger partial charge in [-0.3, -0.25) is 19.7 Å². The zero-order chi connectivity index (χ0) is 45.4. The fourth-order valence-corrected chi connectivity index (χ4v) is 16.4. The first-order valence-corrected chi connectivity index (χ1v) is 24.1. The summed E-state index contributed by atoms with van der Waals surface area (Å²) in [6.45, 7) is 19.8. The molecule has 2 aliphatic heterocycles. The number of carbonyl (C=O) groups is 4. The van der Waals surface area contributed by atoms with Gasteiger partial charge in [-0.1, -0.05) is 55.4 Å². The predicted octanol–water partition coefficient (Wildman–Crippen LogP) is 7.88. The molecule has 2 N–H and O–H groups in total. The predicted molar refractivity (Wildman–Crippen MR) is 238 cm³/mol. The van der Waals surface area contributed by atoms with Crippen molar-refractivity contribution in [3.8, 4) is 24.7 Å². The zero-order valence-corrected chi connectivity index (χ0v) is 39.6. The molecule has 2 amide bonds. The van der Waals surface area contributed by atoms with Gasteiger partial charge in [-0.05, 0) is 112 Å². The minimum atomic E-state index is -0.803. The molecular formula is C52H78N2O8. The standard InChI is InChI=1S/C30H44N2O5.C22H34O3/c1-7-11-28(4)15-23(37-27(35)31-26(34)21-17-32-14-10-20(21)16-32)29(5)18(2)8-12-30(19(3)25(28)33)13-9-22(36-6)24(29)30;1-7-10-20(4)13-17(23)21(5)14(2)8-11-22(15(3)19(20)24)12-9-16(25-6)18(21)22/h1,18-24H,8-17H2,2-6H3,(H,31,34,35);1,14-18,23H,8-13H2,2-6H3/t18-,19+,20-,21+,22-,23-,24?,28-,29+,30?;14-,15+,16-,17-,18?,20-,21+,22?/m11/s1. The van der Waals surface area contributed by atoms with Gasteiger partial charge in [0.1, 0.15) is 17.7 Å². The van der Waals surface area contributed by atoms with E-state index in [0.29, 0.717) is 44.1 Å². The number of nitrogens with zero attached hydrogens (tertiary/aromatic N) is 1. The van der Waals surface area contributed by atoms with Gasteiger partial charge in [0.25, 0.3) is 0 Å². The second-order valence-corrected chi connectivity index (χ2v) is 22.9. The Hall–Kier alpha value is -2.76. The molecule has 62 heavy (non-hydrogen) atoms. The monoisotopic (exact) mass is 859 g/mol. The van der Waals surface area contributed by atoms with Crippen LogP contribution in [0.25, 0.3) is 0 Å². The van der Waals surface area contributed by atoms with E-state index in [1.807, 2.05) is 13.8 Å². The molecule has 8 rings (SSSR count). The van der Waals surface area contributed by atoms with Crippen molar-refractivity contribution in [1.29, 1.82) is 0 Å². The number of Topliss-reactive ketones (excluding diaryl/α,β-unsaturated/α-hetero) is 2. The molecule has 10 heteroatoms. The van der Waals surface area contributed by atoms with Gasteiger partial charge in [0, 0.05) is 79.6 Å². The Balaban J connectivity index is 0.000000201. The molecule has 5 unspecified atom stereocenters. The van der Waals surface area contributed by atoms with E-state index >= 15 is 0 Å². The summed E-state index contributed by atoms with van der Waals surface area (Å²) in [6, 6.07) is 0. The van der Waals surface area contributed by atoms with Crippen LogP contribution in [0.1, 0.15) is 139 Å². The van der Waals surface area contributed by atoms with Crippen molar-refractivity contribution in [3.05, 3.63) is 0 Å². The van der Waals surface area contributed by atoms with Crippen LogP contribution < -0.4 is 5.32 Å². The molecule has 6 aliphatic carbocycles. The highest BCUT2D eigenvalue weighted by atomic mass is 16.6. The minimum Gasteiger partial charge on any atom is -0.445 e. The molecule has 6 bridgehead atoms. The van der Waals surface area contributed by atoms with Crippen molar-refractivity contribution in [3.63, 3.8) is 0 Å². The summed E-state index contributed by atoms with van der Waals surface area (Å²) in [6.07, 6.45) is 20.1. The first-order chi connectivity index (χ1) is 29.2. The van der Waals surface area contributed by atoms with Gasteiger partial charge in [-0.2, -0.15) is 0 Å². The molecule has 0 spiro atoms. The number of aliphatic hydroxyl groups excluding tert-OH is 1. The molecule has 0 radical (unpaired) electrons. The number of hydrogen-bond acceptors (Lipinski definition) is 9. The summed E-state index contributed by atoms with van der Waals surface area (Å²) < 4.78 is 18.2. The van der Waals surface area contributed by atoms with Crippen LogP contribution in [0.3, 0.4) is 0 Å². The number of nitrogens with one attached hydrogen (secondary N) is 1. The number of alkyl carbamates (subject to hydrolysis) is 1. The maximum Gasteiger partial charge on any atom is 0.414 e. The van der Waals surface area contributed by atoms with Crippen LogP contribution in [0, 0.1) is 105 Å². The first kappa shape index (κ1) is 47.2. The summed E-state index contributed by atoms with van der Waals surface area (Å²) in [5.74, 6) is 6.57. The number of imide groups is 1. The Bertz CT molecular complexity index is 1850. The van der Waals surface area contributed by atoms with Gasteiger partial charge in [-0.25, -0.2) is 4.79 Å². The third-order valence-corrected chi connectivity index (χ3v) is 20.4. The molecular weight excluding hydrogens is 781 g/mol. The first-order valence-electron chi connectivity index (χ1n) is 24.1. The number of fused-ring (bicyclic) bond motifs is 2. The van der Waals surface area contributed by atoms with Crippen LogP contribution in [-0.4, -0.2) is 91.8 Å². The van der Waals surface area contributed by atoms with Gasteiger partial charge >= 0.3 is 6.09 Å². The van der Waals surface area contributed by atoms with E-state index in [1.54, 1.807) is 14.2 Å². The summed E-state index contributed by atoms with van der Waals surface area (Å²) in [5.41, 5.74) is -2.35. The highest BCUT2D eigenvalue weighted by Crippen LogP contribution is 2.70. The molecule has 6 saturated carbocycles. The highest BCUT2D eigenvalue weighted by molar-refractivity contribution is 5.94. The Morgan fingerprint density at radius 2 is 1.23 bits per heavy atom. The molecule has 0 aromatic carbocycles. The van der Waals surface area contributed by atoms with Crippen LogP contribution in [-0.2, 0) is 28.6 Å². The van der Waals surface area contributed by atoms with Gasteiger partial charge < -0.3 is 24.2 Å². The second kappa shape index (κ2) is 16.9. The maximum atomic E-state index is 14.1. The molecule has 8 aliphatic rings. The van der Waals surface area contributed by atoms with E-state index in [1.165, 1.54) is 0 Å². The van der Waals surface area contributed by atoms with E-state index in [2.05, 4.69) is 63.6 Å². The van der Waals surface area contributed by atoms with E-state index in [0.717, 1.165) is 70.9 Å². The van der Waals surface area contributed by atoms with Crippen molar-refractivity contribution in [2.24, 2.45) is 79.8 Å². The number of hydrogen-bond donors (Lipinski definition) is 2. The molecule has 2 heterocycles. The summed E-state index contributed by atoms with van der Waals surface area (Å²) in [5, 5.41) is 14.0. The number of aliphatic hydroxyl groups is 1. The van der Waals surface area contributed by atoms with Crippen LogP contribution in [0.5, 0.6) is 0 Å². The lowest BCUT2D eigenvalue weighted by atomic mass is 9.44. The second-order valence-electron chi connectivity index (χ2n) is 22.9. The van der Waals surface area contributed by atoms with Crippen molar-refractivity contribution < 1.29 is 38.5 Å². The van der Waals surface area contributed by atoms with Crippen molar-refractivity contribution in [2.75, 3.05) is 33.9 Å². The molecule has 10 nitrogen and oxygen atoms in total. The lowest BCUT2D eigenvalue weighted by Crippen LogP contribution is -2.63. The van der Waals surface area contributed by atoms with Crippen LogP contribution in [0.4, 0.5) is 4.79 Å². The fraction of sp³-hybridized carbons (Fsp3) is 0.846. The Kier molecular flexibility index (Phi) is 12.9. The number of terminal acetylenes is 2. The Morgan fingerprint density at radius 1 is 0.742 bits per heavy atom. The number of rotatable bonds is 6. The number of methoxy groups -OCH3 is 2. The molecule has 0 aromatic heterocycles. The Morgan fingerprint density at radius 3 is 1.69 bits per heavy atom. The molecule has 8 fully saturated rings. The topological polar surface area (TPSA) is 131 Å². The number of ketones is 2. The summed E-state index contributed by atoms with van der Waals surface area (Å²) in [4.78, 5) is 56.3. The van der Waals surface area contributed by atoms with E-state index in [4.69, 9.17) is 27.1 Å². The van der Waals surface area contributed by atoms with Gasteiger partial charge in [-0.15, -0.1) is 24.7 Å². The zero-order valence-electron chi connectivity index (χ0n) is 39.6. The van der Waals surface area contributed by atoms with Crippen LogP contribution >= 0.6 is 0 Å². The third kappa shape index (κ3) is 7.05. The number of amides is 2. The van der Waals surface area contributed by atoms with Gasteiger partial charge in [0.2, 0.25) is 5.91 Å². The lowest BCUT2D eigenvalue weighted by molar-refractivity contribution is -0.191.